The van der Waals surface area contributed by atoms with E-state index in [1.807, 2.05) is 12.2 Å². The summed E-state index contributed by atoms with van der Waals surface area (Å²) in [6.45, 7) is 2.17. The van der Waals surface area contributed by atoms with Gasteiger partial charge in [0.25, 0.3) is 5.56 Å². The van der Waals surface area contributed by atoms with Crippen molar-refractivity contribution >= 4 is 16.8 Å². The highest BCUT2D eigenvalue weighted by Gasteiger charge is 2.17. The van der Waals surface area contributed by atoms with Crippen LogP contribution in [0.4, 0.5) is 0 Å². The van der Waals surface area contributed by atoms with Gasteiger partial charge in [0.15, 0.2) is 0 Å². The van der Waals surface area contributed by atoms with Crippen molar-refractivity contribution in [3.05, 3.63) is 45.4 Å². The quantitative estimate of drug-likeness (QED) is 0.872. The summed E-state index contributed by atoms with van der Waals surface area (Å²) in [4.78, 5) is 12.6. The van der Waals surface area contributed by atoms with Gasteiger partial charge in [0, 0.05) is 18.3 Å². The number of hydrogen-bond donors (Lipinski definition) is 1. The van der Waals surface area contributed by atoms with Gasteiger partial charge in [-0.1, -0.05) is 31.9 Å². The number of aryl methyl sites for hydroxylation is 1. The third-order valence-electron chi connectivity index (χ3n) is 4.39. The maximum atomic E-state index is 12.6. The molecule has 3 rings (SSSR count). The van der Waals surface area contributed by atoms with Crippen molar-refractivity contribution in [2.24, 2.45) is 7.05 Å². The van der Waals surface area contributed by atoms with Gasteiger partial charge in [0.1, 0.15) is 5.75 Å². The second-order valence-electron chi connectivity index (χ2n) is 5.83. The van der Waals surface area contributed by atoms with Crippen LogP contribution in [-0.4, -0.2) is 9.67 Å². The van der Waals surface area contributed by atoms with Crippen LogP contribution in [0.1, 0.15) is 43.0 Å². The zero-order valence-corrected chi connectivity index (χ0v) is 12.6. The predicted octanol–water partition coefficient (Wildman–Crippen LogP) is 3.55. The van der Waals surface area contributed by atoms with Gasteiger partial charge in [-0.3, -0.25) is 4.79 Å². The van der Waals surface area contributed by atoms with Gasteiger partial charge in [0.2, 0.25) is 0 Å². The first-order chi connectivity index (χ1) is 10.1. The van der Waals surface area contributed by atoms with E-state index in [9.17, 15) is 9.90 Å². The van der Waals surface area contributed by atoms with E-state index in [1.165, 1.54) is 12.8 Å². The van der Waals surface area contributed by atoms with Crippen LogP contribution in [0.25, 0.3) is 16.8 Å². The van der Waals surface area contributed by atoms with Crippen LogP contribution >= 0.6 is 0 Å². The molecule has 0 saturated heterocycles. The zero-order chi connectivity index (χ0) is 15.0. The Morgan fingerprint density at radius 1 is 1.29 bits per heavy atom. The van der Waals surface area contributed by atoms with E-state index >= 15 is 0 Å². The molecule has 0 unspecified atom stereocenters. The van der Waals surface area contributed by atoms with Crippen LogP contribution in [0.15, 0.2) is 23.0 Å². The van der Waals surface area contributed by atoms with Crippen molar-refractivity contribution in [3.63, 3.8) is 0 Å². The molecule has 0 aliphatic heterocycles. The first kappa shape index (κ1) is 13.9. The highest BCUT2D eigenvalue weighted by Crippen LogP contribution is 2.34. The fourth-order valence-electron chi connectivity index (χ4n) is 3.13. The van der Waals surface area contributed by atoms with Crippen molar-refractivity contribution in [3.8, 4) is 5.75 Å². The molecular formula is C18H21NO2. The van der Waals surface area contributed by atoms with E-state index < -0.39 is 0 Å². The standard InChI is InChI=1S/C18H21NO2/c1-3-4-5-8-14-11-13-10-12-7-6-9-15(12)17(20)16(13)18(21)19(14)2/h6,9-11,20H,3-5,7-8H2,1-2H3. The number of unbranched alkanes of at least 4 members (excludes halogenated alkanes) is 2. The molecule has 2 aromatic rings. The predicted molar refractivity (Wildman–Crippen MR) is 86.8 cm³/mol. The number of pyridine rings is 1. The number of nitrogens with zero attached hydrogens (tertiary/aromatic N) is 1. The van der Waals surface area contributed by atoms with E-state index in [-0.39, 0.29) is 11.3 Å². The third-order valence-corrected chi connectivity index (χ3v) is 4.39. The summed E-state index contributed by atoms with van der Waals surface area (Å²) < 4.78 is 1.68. The van der Waals surface area contributed by atoms with Crippen molar-refractivity contribution in [2.75, 3.05) is 0 Å². The number of benzene rings is 1. The number of aromatic hydroxyl groups is 1. The Labute approximate surface area is 124 Å². The number of aromatic nitrogens is 1. The molecule has 0 bridgehead atoms. The Morgan fingerprint density at radius 3 is 2.86 bits per heavy atom. The van der Waals surface area contributed by atoms with E-state index in [4.69, 9.17) is 0 Å². The fraction of sp³-hybridized carbons (Fsp3) is 0.389. The summed E-state index contributed by atoms with van der Waals surface area (Å²) in [5, 5.41) is 11.7. The molecule has 3 heteroatoms. The van der Waals surface area contributed by atoms with Gasteiger partial charge in [-0.2, -0.15) is 0 Å². The lowest BCUT2D eigenvalue weighted by Gasteiger charge is -2.13. The normalized spacial score (nSPS) is 13.0. The second kappa shape index (κ2) is 5.40. The van der Waals surface area contributed by atoms with Crippen molar-refractivity contribution < 1.29 is 5.11 Å². The topological polar surface area (TPSA) is 42.2 Å². The van der Waals surface area contributed by atoms with Gasteiger partial charge < -0.3 is 9.67 Å². The number of hydrogen-bond acceptors (Lipinski definition) is 2. The number of phenols is 1. The highest BCUT2D eigenvalue weighted by atomic mass is 16.3. The Morgan fingerprint density at radius 2 is 2.10 bits per heavy atom. The van der Waals surface area contributed by atoms with Gasteiger partial charge in [-0.25, -0.2) is 0 Å². The van der Waals surface area contributed by atoms with Crippen LogP contribution < -0.4 is 5.56 Å². The summed E-state index contributed by atoms with van der Waals surface area (Å²) in [7, 11) is 1.80. The van der Waals surface area contributed by atoms with E-state index in [0.717, 1.165) is 41.5 Å². The number of fused-ring (bicyclic) bond motifs is 2. The number of phenolic OH excluding ortho intramolecular Hbond substituents is 1. The smallest absolute Gasteiger partial charge is 0.262 e. The zero-order valence-electron chi connectivity index (χ0n) is 12.6. The molecule has 0 atom stereocenters. The van der Waals surface area contributed by atoms with Gasteiger partial charge in [-0.15, -0.1) is 0 Å². The minimum atomic E-state index is -0.0976. The first-order valence-corrected chi connectivity index (χ1v) is 7.67. The molecule has 1 aliphatic carbocycles. The molecule has 0 radical (unpaired) electrons. The molecule has 1 aliphatic rings. The average Bonchev–Trinajstić information content (AvgIpc) is 2.93. The molecule has 110 valence electrons. The third kappa shape index (κ3) is 2.27. The molecule has 1 aromatic carbocycles. The van der Waals surface area contributed by atoms with Gasteiger partial charge in [-0.05, 0) is 42.3 Å². The molecule has 1 N–H and O–H groups in total. The van der Waals surface area contributed by atoms with Gasteiger partial charge >= 0.3 is 0 Å². The summed E-state index contributed by atoms with van der Waals surface area (Å²) in [5.41, 5.74) is 2.86. The van der Waals surface area contributed by atoms with E-state index in [0.29, 0.717) is 5.39 Å². The summed E-state index contributed by atoms with van der Waals surface area (Å²) in [5.74, 6) is 0.136. The van der Waals surface area contributed by atoms with Crippen LogP contribution in [0.2, 0.25) is 0 Å². The van der Waals surface area contributed by atoms with Gasteiger partial charge in [0.05, 0.1) is 5.39 Å². The van der Waals surface area contributed by atoms with Crippen LogP contribution in [0.3, 0.4) is 0 Å². The molecule has 0 spiro atoms. The number of allylic oxidation sites excluding steroid dienone is 1. The van der Waals surface area contributed by atoms with E-state index in [1.54, 1.807) is 11.6 Å². The lowest BCUT2D eigenvalue weighted by molar-refractivity contribution is 0.479. The average molecular weight is 283 g/mol. The maximum absolute atomic E-state index is 12.6. The first-order valence-electron chi connectivity index (χ1n) is 7.67. The minimum Gasteiger partial charge on any atom is -0.506 e. The molecule has 3 nitrogen and oxygen atoms in total. The summed E-state index contributed by atoms with van der Waals surface area (Å²) >= 11 is 0. The van der Waals surface area contributed by atoms with Crippen molar-refractivity contribution in [2.45, 2.75) is 39.0 Å². The molecule has 21 heavy (non-hydrogen) atoms. The molecule has 0 saturated carbocycles. The maximum Gasteiger partial charge on any atom is 0.262 e. The second-order valence-corrected chi connectivity index (χ2v) is 5.83. The van der Waals surface area contributed by atoms with Crippen molar-refractivity contribution in [1.82, 2.24) is 4.57 Å². The summed E-state index contributed by atoms with van der Waals surface area (Å²) in [6, 6.07) is 4.11. The molecule has 0 fully saturated rings. The van der Waals surface area contributed by atoms with Crippen LogP contribution in [0.5, 0.6) is 5.75 Å². The van der Waals surface area contributed by atoms with Crippen LogP contribution in [-0.2, 0) is 19.9 Å². The lowest BCUT2D eigenvalue weighted by Crippen LogP contribution is -2.21. The summed E-state index contributed by atoms with van der Waals surface area (Å²) in [6.07, 6.45) is 9.10. The SMILES string of the molecule is CCCCCc1cc2cc3c(c(O)c2c(=O)n1C)C=CC3. The number of rotatable bonds is 4. The molecular weight excluding hydrogens is 262 g/mol. The Hall–Kier alpha value is -2.03. The molecule has 1 heterocycles. The molecule has 0 amide bonds. The van der Waals surface area contributed by atoms with E-state index in [2.05, 4.69) is 19.1 Å². The Balaban J connectivity index is 2.17. The monoisotopic (exact) mass is 283 g/mol. The lowest BCUT2D eigenvalue weighted by atomic mass is 10.0. The highest BCUT2D eigenvalue weighted by molar-refractivity contribution is 5.93. The Kier molecular flexibility index (Phi) is 3.58. The fourth-order valence-corrected chi connectivity index (χ4v) is 3.13. The van der Waals surface area contributed by atoms with Crippen molar-refractivity contribution in [1.29, 1.82) is 0 Å². The molecule has 1 aromatic heterocycles. The van der Waals surface area contributed by atoms with Crippen LogP contribution in [0, 0.1) is 0 Å². The largest absolute Gasteiger partial charge is 0.506 e. The Bertz CT molecular complexity index is 784. The minimum absolute atomic E-state index is 0.0976.